The number of sulfonamides is 1. The van der Waals surface area contributed by atoms with Gasteiger partial charge in [-0.25, -0.2) is 12.8 Å². The SMILES string of the molecule is CN(CC(=O)Nc1ccccc1F)S(=O)(=O)c1ccc(Br)cc1. The number of halogens is 2. The van der Waals surface area contributed by atoms with Gasteiger partial charge in [-0.05, 0) is 36.4 Å². The monoisotopic (exact) mass is 400 g/mol. The second kappa shape index (κ2) is 7.20. The summed E-state index contributed by atoms with van der Waals surface area (Å²) in [6.07, 6.45) is 0. The van der Waals surface area contributed by atoms with Crippen LogP contribution >= 0.6 is 15.9 Å². The molecule has 23 heavy (non-hydrogen) atoms. The molecule has 1 amide bonds. The first-order valence-electron chi connectivity index (χ1n) is 6.57. The van der Waals surface area contributed by atoms with Gasteiger partial charge in [0.15, 0.2) is 0 Å². The highest BCUT2D eigenvalue weighted by Gasteiger charge is 2.23. The Morgan fingerprint density at radius 1 is 1.17 bits per heavy atom. The largest absolute Gasteiger partial charge is 0.322 e. The van der Waals surface area contributed by atoms with E-state index in [9.17, 15) is 17.6 Å². The van der Waals surface area contributed by atoms with Crippen molar-refractivity contribution in [3.63, 3.8) is 0 Å². The van der Waals surface area contributed by atoms with Crippen LogP contribution in [-0.4, -0.2) is 32.2 Å². The van der Waals surface area contributed by atoms with Crippen LogP contribution in [0.5, 0.6) is 0 Å². The highest BCUT2D eigenvalue weighted by molar-refractivity contribution is 9.10. The maximum Gasteiger partial charge on any atom is 0.243 e. The average Bonchev–Trinajstić information content (AvgIpc) is 2.50. The quantitative estimate of drug-likeness (QED) is 0.838. The van der Waals surface area contributed by atoms with E-state index in [1.54, 1.807) is 18.2 Å². The second-order valence-corrected chi connectivity index (χ2v) is 7.70. The molecule has 0 bridgehead atoms. The third-order valence-corrected chi connectivity index (χ3v) is 5.38. The Morgan fingerprint density at radius 2 is 1.78 bits per heavy atom. The van der Waals surface area contributed by atoms with E-state index < -0.39 is 28.3 Å². The number of rotatable bonds is 5. The van der Waals surface area contributed by atoms with E-state index >= 15 is 0 Å². The Morgan fingerprint density at radius 3 is 2.39 bits per heavy atom. The molecule has 0 aliphatic rings. The van der Waals surface area contributed by atoms with Crippen molar-refractivity contribution in [2.45, 2.75) is 4.90 Å². The zero-order chi connectivity index (χ0) is 17.0. The summed E-state index contributed by atoms with van der Waals surface area (Å²) in [5, 5.41) is 2.35. The predicted molar refractivity (Wildman–Crippen MR) is 89.0 cm³/mol. The maximum absolute atomic E-state index is 13.5. The van der Waals surface area contributed by atoms with Gasteiger partial charge in [0, 0.05) is 11.5 Å². The van der Waals surface area contributed by atoms with E-state index in [4.69, 9.17) is 0 Å². The first kappa shape index (κ1) is 17.6. The molecule has 0 aliphatic carbocycles. The molecule has 0 fully saturated rings. The molecule has 8 heteroatoms. The topological polar surface area (TPSA) is 66.5 Å². The molecule has 2 aromatic rings. The zero-order valence-corrected chi connectivity index (χ0v) is 14.6. The van der Waals surface area contributed by atoms with Crippen molar-refractivity contribution in [3.05, 3.63) is 58.8 Å². The molecule has 0 unspecified atom stereocenters. The lowest BCUT2D eigenvalue weighted by Gasteiger charge is -2.17. The highest BCUT2D eigenvalue weighted by Crippen LogP contribution is 2.18. The molecule has 1 N–H and O–H groups in total. The van der Waals surface area contributed by atoms with Gasteiger partial charge in [-0.1, -0.05) is 28.1 Å². The van der Waals surface area contributed by atoms with Crippen LogP contribution in [0.15, 0.2) is 57.9 Å². The van der Waals surface area contributed by atoms with Crippen LogP contribution in [-0.2, 0) is 14.8 Å². The first-order valence-corrected chi connectivity index (χ1v) is 8.80. The zero-order valence-electron chi connectivity index (χ0n) is 12.2. The van der Waals surface area contributed by atoms with Crippen molar-refractivity contribution in [1.29, 1.82) is 0 Å². The number of hydrogen-bond acceptors (Lipinski definition) is 3. The maximum atomic E-state index is 13.5. The minimum absolute atomic E-state index is 0.00643. The fourth-order valence-electron chi connectivity index (χ4n) is 1.83. The smallest absolute Gasteiger partial charge is 0.243 e. The van der Waals surface area contributed by atoms with Gasteiger partial charge in [0.05, 0.1) is 17.1 Å². The summed E-state index contributed by atoms with van der Waals surface area (Å²) in [6, 6.07) is 11.7. The molecule has 0 atom stereocenters. The number of amides is 1. The van der Waals surface area contributed by atoms with Gasteiger partial charge in [0.25, 0.3) is 0 Å². The van der Waals surface area contributed by atoms with Crippen LogP contribution in [0.2, 0.25) is 0 Å². The predicted octanol–water partition coefficient (Wildman–Crippen LogP) is 2.85. The number of anilines is 1. The number of nitrogens with one attached hydrogen (secondary N) is 1. The van der Waals surface area contributed by atoms with E-state index in [-0.39, 0.29) is 10.6 Å². The third kappa shape index (κ3) is 4.37. The number of benzene rings is 2. The molecule has 122 valence electrons. The molecular weight excluding hydrogens is 387 g/mol. The minimum Gasteiger partial charge on any atom is -0.322 e. The van der Waals surface area contributed by atoms with Gasteiger partial charge in [-0.2, -0.15) is 4.31 Å². The van der Waals surface area contributed by atoms with Crippen molar-refractivity contribution in [2.75, 3.05) is 18.9 Å². The minimum atomic E-state index is -3.80. The Hall–Kier alpha value is -1.77. The number of likely N-dealkylation sites (N-methyl/N-ethyl adjacent to an activating group) is 1. The Balaban J connectivity index is 2.08. The summed E-state index contributed by atoms with van der Waals surface area (Å²) in [4.78, 5) is 12.0. The number of para-hydroxylation sites is 1. The Kier molecular flexibility index (Phi) is 5.51. The fourth-order valence-corrected chi connectivity index (χ4v) is 3.22. The highest BCUT2D eigenvalue weighted by atomic mass is 79.9. The van der Waals surface area contributed by atoms with Gasteiger partial charge in [-0.3, -0.25) is 4.79 Å². The van der Waals surface area contributed by atoms with Crippen LogP contribution in [0, 0.1) is 5.82 Å². The van der Waals surface area contributed by atoms with Gasteiger partial charge in [0.2, 0.25) is 15.9 Å². The van der Waals surface area contributed by atoms with Gasteiger partial charge >= 0.3 is 0 Å². The molecule has 0 aromatic heterocycles. The van der Waals surface area contributed by atoms with Crippen LogP contribution in [0.1, 0.15) is 0 Å². The molecule has 0 saturated carbocycles. The summed E-state index contributed by atoms with van der Waals surface area (Å²) in [5.74, 6) is -1.21. The molecule has 0 heterocycles. The standard InChI is InChI=1S/C15H14BrFN2O3S/c1-19(23(21,22)12-8-6-11(16)7-9-12)10-15(20)18-14-5-3-2-4-13(14)17/h2-9H,10H2,1H3,(H,18,20). The normalized spacial score (nSPS) is 11.5. The lowest BCUT2D eigenvalue weighted by molar-refractivity contribution is -0.116. The lowest BCUT2D eigenvalue weighted by Crippen LogP contribution is -2.35. The molecule has 0 saturated heterocycles. The first-order chi connectivity index (χ1) is 10.8. The van der Waals surface area contributed by atoms with Crippen molar-refractivity contribution in [1.82, 2.24) is 4.31 Å². The van der Waals surface area contributed by atoms with Gasteiger partial charge in [-0.15, -0.1) is 0 Å². The molecule has 0 spiro atoms. The fraction of sp³-hybridized carbons (Fsp3) is 0.133. The number of carbonyl (C=O) groups excluding carboxylic acids is 1. The van der Waals surface area contributed by atoms with Crippen LogP contribution in [0.25, 0.3) is 0 Å². The summed E-state index contributed by atoms with van der Waals surface area (Å²) in [7, 11) is -2.51. The van der Waals surface area contributed by atoms with Gasteiger partial charge < -0.3 is 5.32 Å². The van der Waals surface area contributed by atoms with Crippen molar-refractivity contribution in [2.24, 2.45) is 0 Å². The van der Waals surface area contributed by atoms with Crippen LogP contribution in [0.4, 0.5) is 10.1 Å². The van der Waals surface area contributed by atoms with E-state index in [0.29, 0.717) is 0 Å². The summed E-state index contributed by atoms with van der Waals surface area (Å²) < 4.78 is 39.8. The lowest BCUT2D eigenvalue weighted by atomic mass is 10.3. The molecule has 5 nitrogen and oxygen atoms in total. The van der Waals surface area contributed by atoms with E-state index in [1.165, 1.54) is 37.4 Å². The van der Waals surface area contributed by atoms with Crippen LogP contribution < -0.4 is 5.32 Å². The molecule has 2 rings (SSSR count). The van der Waals surface area contributed by atoms with E-state index in [0.717, 1.165) is 8.78 Å². The summed E-state index contributed by atoms with van der Waals surface area (Å²) in [6.45, 7) is -0.424. The Bertz CT molecular complexity index is 810. The van der Waals surface area contributed by atoms with E-state index in [1.807, 2.05) is 0 Å². The molecule has 2 aromatic carbocycles. The van der Waals surface area contributed by atoms with E-state index in [2.05, 4.69) is 21.2 Å². The molecular formula is C15H14BrFN2O3S. The summed E-state index contributed by atoms with van der Waals surface area (Å²) >= 11 is 3.23. The van der Waals surface area contributed by atoms with Gasteiger partial charge in [0.1, 0.15) is 5.82 Å². The Labute approximate surface area is 142 Å². The van der Waals surface area contributed by atoms with Crippen molar-refractivity contribution in [3.8, 4) is 0 Å². The average molecular weight is 401 g/mol. The number of carbonyl (C=O) groups is 1. The number of hydrogen-bond donors (Lipinski definition) is 1. The summed E-state index contributed by atoms with van der Waals surface area (Å²) in [5.41, 5.74) is 0.00643. The molecule has 0 radical (unpaired) electrons. The number of nitrogens with zero attached hydrogens (tertiary/aromatic N) is 1. The van der Waals surface area contributed by atoms with Crippen molar-refractivity contribution < 1.29 is 17.6 Å². The van der Waals surface area contributed by atoms with Crippen molar-refractivity contribution >= 4 is 37.5 Å². The molecule has 0 aliphatic heterocycles. The van der Waals surface area contributed by atoms with Crippen LogP contribution in [0.3, 0.4) is 0 Å². The second-order valence-electron chi connectivity index (χ2n) is 4.74. The third-order valence-electron chi connectivity index (χ3n) is 3.04.